The van der Waals surface area contributed by atoms with E-state index in [4.69, 9.17) is 9.47 Å². The van der Waals surface area contributed by atoms with Crippen LogP contribution in [0.2, 0.25) is 0 Å². The number of ether oxygens (including phenoxy) is 2. The molecule has 1 rings (SSSR count). The van der Waals surface area contributed by atoms with Crippen molar-refractivity contribution >= 4 is 5.91 Å². The Morgan fingerprint density at radius 2 is 1.90 bits per heavy atom. The minimum atomic E-state index is -0.0215. The van der Waals surface area contributed by atoms with Crippen molar-refractivity contribution in [2.75, 3.05) is 33.5 Å². The molecule has 1 saturated heterocycles. The fourth-order valence-electron chi connectivity index (χ4n) is 2.73. The number of hydrogen-bond acceptors (Lipinski definition) is 4. The SMILES string of the molecule is COCCOCCCN1C(=O)C(CC(C)C)NC1C(C)C. The van der Waals surface area contributed by atoms with Crippen molar-refractivity contribution in [3.8, 4) is 0 Å². The summed E-state index contributed by atoms with van der Waals surface area (Å²) in [6.07, 6.45) is 1.93. The molecule has 2 atom stereocenters. The molecular weight excluding hydrogens is 268 g/mol. The van der Waals surface area contributed by atoms with Crippen LogP contribution in [0.4, 0.5) is 0 Å². The van der Waals surface area contributed by atoms with Crippen LogP contribution >= 0.6 is 0 Å². The molecule has 1 aliphatic rings. The molecule has 0 radical (unpaired) electrons. The Balaban J connectivity index is 2.43. The second kappa shape index (κ2) is 9.38. The molecule has 21 heavy (non-hydrogen) atoms. The lowest BCUT2D eigenvalue weighted by Crippen LogP contribution is -2.42. The van der Waals surface area contributed by atoms with Crippen molar-refractivity contribution < 1.29 is 14.3 Å². The van der Waals surface area contributed by atoms with E-state index in [9.17, 15) is 4.79 Å². The third-order valence-electron chi connectivity index (χ3n) is 3.75. The average molecular weight is 300 g/mol. The molecule has 5 heteroatoms. The summed E-state index contributed by atoms with van der Waals surface area (Å²) < 4.78 is 10.4. The van der Waals surface area contributed by atoms with Crippen LogP contribution in [-0.2, 0) is 14.3 Å². The van der Waals surface area contributed by atoms with Gasteiger partial charge in [-0.25, -0.2) is 0 Å². The molecular formula is C16H32N2O3. The third kappa shape index (κ3) is 5.93. The first-order valence-corrected chi connectivity index (χ1v) is 8.10. The number of hydrogen-bond donors (Lipinski definition) is 1. The Morgan fingerprint density at radius 3 is 2.48 bits per heavy atom. The van der Waals surface area contributed by atoms with Gasteiger partial charge in [0.25, 0.3) is 0 Å². The van der Waals surface area contributed by atoms with Crippen molar-refractivity contribution in [2.45, 2.75) is 52.7 Å². The lowest BCUT2D eigenvalue weighted by Gasteiger charge is -2.27. The van der Waals surface area contributed by atoms with Gasteiger partial charge in [-0.2, -0.15) is 0 Å². The Hall–Kier alpha value is -0.650. The molecule has 1 fully saturated rings. The fraction of sp³-hybridized carbons (Fsp3) is 0.938. The van der Waals surface area contributed by atoms with Gasteiger partial charge in [0, 0.05) is 20.3 Å². The summed E-state index contributed by atoms with van der Waals surface area (Å²) >= 11 is 0. The second-order valence-corrected chi connectivity index (χ2v) is 6.53. The minimum Gasteiger partial charge on any atom is -0.382 e. The van der Waals surface area contributed by atoms with Crippen LogP contribution in [0, 0.1) is 11.8 Å². The Bertz CT molecular complexity index is 308. The highest BCUT2D eigenvalue weighted by atomic mass is 16.5. The average Bonchev–Trinajstić information content (AvgIpc) is 2.71. The molecule has 124 valence electrons. The van der Waals surface area contributed by atoms with Crippen LogP contribution in [0.15, 0.2) is 0 Å². The fourth-order valence-corrected chi connectivity index (χ4v) is 2.73. The van der Waals surface area contributed by atoms with Gasteiger partial charge in [0.1, 0.15) is 0 Å². The first-order chi connectivity index (χ1) is 9.97. The number of nitrogens with one attached hydrogen (secondary N) is 1. The maximum Gasteiger partial charge on any atom is 0.241 e. The van der Waals surface area contributed by atoms with Gasteiger partial charge in [-0.3, -0.25) is 10.1 Å². The monoisotopic (exact) mass is 300 g/mol. The maximum atomic E-state index is 12.5. The van der Waals surface area contributed by atoms with E-state index in [-0.39, 0.29) is 18.1 Å². The molecule has 0 spiro atoms. The summed E-state index contributed by atoms with van der Waals surface area (Å²) in [6.45, 7) is 11.3. The zero-order valence-electron chi connectivity index (χ0n) is 14.2. The van der Waals surface area contributed by atoms with E-state index in [0.717, 1.165) is 19.4 Å². The molecule has 1 N–H and O–H groups in total. The van der Waals surface area contributed by atoms with Crippen LogP contribution in [-0.4, -0.2) is 56.5 Å². The van der Waals surface area contributed by atoms with Gasteiger partial charge >= 0.3 is 0 Å². The standard InChI is InChI=1S/C16H32N2O3/c1-12(2)11-14-16(19)18(15(17-14)13(3)4)7-6-8-21-10-9-20-5/h12-15,17H,6-11H2,1-5H3. The molecule has 1 heterocycles. The van der Waals surface area contributed by atoms with Gasteiger partial charge in [-0.1, -0.05) is 27.7 Å². The molecule has 0 aromatic rings. The lowest BCUT2D eigenvalue weighted by atomic mass is 10.0. The highest BCUT2D eigenvalue weighted by molar-refractivity contribution is 5.84. The van der Waals surface area contributed by atoms with E-state index in [1.807, 2.05) is 4.90 Å². The Morgan fingerprint density at radius 1 is 1.19 bits per heavy atom. The van der Waals surface area contributed by atoms with Gasteiger partial charge < -0.3 is 14.4 Å². The summed E-state index contributed by atoms with van der Waals surface area (Å²) in [6, 6.07) is -0.0215. The van der Waals surface area contributed by atoms with Crippen molar-refractivity contribution in [3.05, 3.63) is 0 Å². The van der Waals surface area contributed by atoms with Gasteiger partial charge in [0.15, 0.2) is 0 Å². The van der Waals surface area contributed by atoms with Crippen molar-refractivity contribution in [1.29, 1.82) is 0 Å². The van der Waals surface area contributed by atoms with E-state index < -0.39 is 0 Å². The first-order valence-electron chi connectivity index (χ1n) is 8.10. The molecule has 0 aliphatic carbocycles. The highest BCUT2D eigenvalue weighted by Crippen LogP contribution is 2.21. The molecule has 2 unspecified atom stereocenters. The van der Waals surface area contributed by atoms with Crippen molar-refractivity contribution in [1.82, 2.24) is 10.2 Å². The largest absolute Gasteiger partial charge is 0.382 e. The van der Waals surface area contributed by atoms with Crippen LogP contribution < -0.4 is 5.32 Å². The molecule has 5 nitrogen and oxygen atoms in total. The number of methoxy groups -OCH3 is 1. The Kier molecular flexibility index (Phi) is 8.22. The van der Waals surface area contributed by atoms with Crippen molar-refractivity contribution in [2.24, 2.45) is 11.8 Å². The predicted octanol–water partition coefficient (Wildman–Crippen LogP) is 1.87. The molecule has 1 amide bonds. The smallest absolute Gasteiger partial charge is 0.241 e. The summed E-state index contributed by atoms with van der Waals surface area (Å²) in [5.41, 5.74) is 0. The third-order valence-corrected chi connectivity index (χ3v) is 3.75. The summed E-state index contributed by atoms with van der Waals surface area (Å²) in [5, 5.41) is 3.50. The zero-order chi connectivity index (χ0) is 15.8. The zero-order valence-corrected chi connectivity index (χ0v) is 14.2. The highest BCUT2D eigenvalue weighted by Gasteiger charge is 2.39. The summed E-state index contributed by atoms with van der Waals surface area (Å²) in [5.74, 6) is 1.19. The second-order valence-electron chi connectivity index (χ2n) is 6.53. The van der Waals surface area contributed by atoms with E-state index in [2.05, 4.69) is 33.0 Å². The summed E-state index contributed by atoms with van der Waals surface area (Å²) in [4.78, 5) is 14.5. The van der Waals surface area contributed by atoms with Gasteiger partial charge in [0.2, 0.25) is 5.91 Å². The number of carbonyl (C=O) groups excluding carboxylic acids is 1. The molecule has 0 bridgehead atoms. The van der Waals surface area contributed by atoms with E-state index in [1.165, 1.54) is 0 Å². The number of carbonyl (C=O) groups is 1. The van der Waals surface area contributed by atoms with Gasteiger partial charge in [-0.05, 0) is 24.7 Å². The van der Waals surface area contributed by atoms with E-state index >= 15 is 0 Å². The molecule has 0 saturated carbocycles. The molecule has 0 aromatic carbocycles. The lowest BCUT2D eigenvalue weighted by molar-refractivity contribution is -0.131. The van der Waals surface area contributed by atoms with E-state index in [1.54, 1.807) is 7.11 Å². The van der Waals surface area contributed by atoms with Crippen LogP contribution in [0.25, 0.3) is 0 Å². The van der Waals surface area contributed by atoms with E-state index in [0.29, 0.717) is 31.7 Å². The van der Waals surface area contributed by atoms with Crippen LogP contribution in [0.3, 0.4) is 0 Å². The number of nitrogens with zero attached hydrogens (tertiary/aromatic N) is 1. The topological polar surface area (TPSA) is 50.8 Å². The summed E-state index contributed by atoms with van der Waals surface area (Å²) in [7, 11) is 1.67. The maximum absolute atomic E-state index is 12.5. The quantitative estimate of drug-likeness (QED) is 0.626. The number of amides is 1. The minimum absolute atomic E-state index is 0.0215. The van der Waals surface area contributed by atoms with Crippen LogP contribution in [0.5, 0.6) is 0 Å². The molecule has 0 aromatic heterocycles. The van der Waals surface area contributed by atoms with Gasteiger partial charge in [-0.15, -0.1) is 0 Å². The number of rotatable bonds is 10. The van der Waals surface area contributed by atoms with Crippen molar-refractivity contribution in [3.63, 3.8) is 0 Å². The molecule has 1 aliphatic heterocycles. The van der Waals surface area contributed by atoms with Gasteiger partial charge in [0.05, 0.1) is 25.4 Å². The normalized spacial score (nSPS) is 22.8. The first kappa shape index (κ1) is 18.4. The van der Waals surface area contributed by atoms with Crippen LogP contribution in [0.1, 0.15) is 40.5 Å². The Labute approximate surface area is 129 Å². The predicted molar refractivity (Wildman–Crippen MR) is 84.0 cm³/mol.